The Labute approximate surface area is 187 Å². The van der Waals surface area contributed by atoms with E-state index in [2.05, 4.69) is 53.1 Å². The summed E-state index contributed by atoms with van der Waals surface area (Å²) in [4.78, 5) is 2.36. The first kappa shape index (κ1) is 23.4. The highest BCUT2D eigenvalue weighted by molar-refractivity contribution is 7.94. The third-order valence-electron chi connectivity index (χ3n) is 5.49. The van der Waals surface area contributed by atoms with Crippen LogP contribution in [0.1, 0.15) is 45.7 Å². The third kappa shape index (κ3) is 5.92. The van der Waals surface area contributed by atoms with Crippen LogP contribution in [-0.4, -0.2) is 38.5 Å². The van der Waals surface area contributed by atoms with Crippen molar-refractivity contribution in [2.24, 2.45) is 0 Å². The van der Waals surface area contributed by atoms with Crippen molar-refractivity contribution in [3.63, 3.8) is 0 Å². The summed E-state index contributed by atoms with van der Waals surface area (Å²) in [5.74, 6) is 0. The minimum Gasteiger partial charge on any atom is -0.381 e. The van der Waals surface area contributed by atoms with Crippen molar-refractivity contribution < 1.29 is 13.2 Å². The van der Waals surface area contributed by atoms with Crippen LogP contribution in [0.5, 0.6) is 0 Å². The number of ether oxygens (including phenoxy) is 1. The molecule has 1 aliphatic heterocycles. The van der Waals surface area contributed by atoms with E-state index in [1.54, 1.807) is 20.8 Å². The molecule has 0 radical (unpaired) electrons. The van der Waals surface area contributed by atoms with Crippen molar-refractivity contribution in [1.29, 1.82) is 0 Å². The molecule has 3 rings (SSSR count). The van der Waals surface area contributed by atoms with Crippen LogP contribution in [0.3, 0.4) is 0 Å². The maximum absolute atomic E-state index is 12.4. The van der Waals surface area contributed by atoms with Crippen LogP contribution in [0.15, 0.2) is 42.5 Å². The Kier molecular flexibility index (Phi) is 6.86. The van der Waals surface area contributed by atoms with Gasteiger partial charge in [0.15, 0.2) is 0 Å². The topological polar surface area (TPSA) is 70.7 Å². The van der Waals surface area contributed by atoms with Crippen LogP contribution in [0.4, 0.5) is 17.1 Å². The Bertz CT molecular complexity index is 988. The van der Waals surface area contributed by atoms with Crippen LogP contribution in [0.2, 0.25) is 0 Å². The molecule has 1 heterocycles. The molecule has 0 aromatic heterocycles. The molecule has 2 aromatic rings. The highest BCUT2D eigenvalue weighted by Crippen LogP contribution is 2.25. The summed E-state index contributed by atoms with van der Waals surface area (Å²) >= 11 is 0. The average Bonchev–Trinajstić information content (AvgIpc) is 2.67. The van der Waals surface area contributed by atoms with Crippen LogP contribution in [0.25, 0.3) is 0 Å². The van der Waals surface area contributed by atoms with Gasteiger partial charge < -0.3 is 15.0 Å². The second kappa shape index (κ2) is 9.09. The second-order valence-corrected chi connectivity index (χ2v) is 11.9. The van der Waals surface area contributed by atoms with Crippen LogP contribution < -0.4 is 14.9 Å². The van der Waals surface area contributed by atoms with E-state index in [0.717, 1.165) is 29.9 Å². The number of aryl methyl sites for hydroxylation is 1. The Morgan fingerprint density at radius 1 is 1.03 bits per heavy atom. The third-order valence-corrected chi connectivity index (χ3v) is 7.59. The number of hydrogen-bond acceptors (Lipinski definition) is 5. The molecule has 7 heteroatoms. The molecule has 1 aliphatic rings. The summed E-state index contributed by atoms with van der Waals surface area (Å²) in [5.41, 5.74) is 4.87. The molecule has 0 spiro atoms. The number of nitrogens with zero attached hydrogens (tertiary/aromatic N) is 1. The summed E-state index contributed by atoms with van der Waals surface area (Å²) in [6.45, 7) is 13.7. The van der Waals surface area contributed by atoms with Gasteiger partial charge in [0, 0.05) is 31.0 Å². The van der Waals surface area contributed by atoms with E-state index in [1.807, 2.05) is 25.1 Å². The normalized spacial score (nSPS) is 19.9. The van der Waals surface area contributed by atoms with Crippen LogP contribution in [-0.2, 0) is 21.3 Å². The van der Waals surface area contributed by atoms with Gasteiger partial charge in [0.05, 0.1) is 22.6 Å². The number of sulfonamides is 1. The lowest BCUT2D eigenvalue weighted by Gasteiger charge is -2.36. The van der Waals surface area contributed by atoms with E-state index in [-0.39, 0.29) is 12.2 Å². The molecule has 0 aliphatic carbocycles. The molecule has 31 heavy (non-hydrogen) atoms. The predicted molar refractivity (Wildman–Crippen MR) is 129 cm³/mol. The number of benzene rings is 2. The van der Waals surface area contributed by atoms with Gasteiger partial charge >= 0.3 is 0 Å². The van der Waals surface area contributed by atoms with Gasteiger partial charge in [0.1, 0.15) is 0 Å². The van der Waals surface area contributed by atoms with Crippen LogP contribution >= 0.6 is 0 Å². The quantitative estimate of drug-likeness (QED) is 0.671. The van der Waals surface area contributed by atoms with Crippen molar-refractivity contribution in [1.82, 2.24) is 0 Å². The number of anilines is 3. The van der Waals surface area contributed by atoms with Crippen molar-refractivity contribution in [2.45, 2.75) is 65.0 Å². The van der Waals surface area contributed by atoms with Gasteiger partial charge in [-0.2, -0.15) is 0 Å². The molecule has 0 bridgehead atoms. The maximum Gasteiger partial charge on any atom is 0.237 e. The lowest BCUT2D eigenvalue weighted by atomic mass is 10.1. The van der Waals surface area contributed by atoms with Gasteiger partial charge in [0.2, 0.25) is 10.0 Å². The molecule has 2 unspecified atom stereocenters. The Morgan fingerprint density at radius 2 is 1.65 bits per heavy atom. The van der Waals surface area contributed by atoms with E-state index in [0.29, 0.717) is 12.2 Å². The summed E-state index contributed by atoms with van der Waals surface area (Å²) in [5, 5.41) is 3.45. The molecule has 2 atom stereocenters. The Balaban J connectivity index is 1.61. The first-order valence-corrected chi connectivity index (χ1v) is 12.3. The first-order chi connectivity index (χ1) is 14.4. The highest BCUT2D eigenvalue weighted by atomic mass is 32.2. The van der Waals surface area contributed by atoms with Crippen molar-refractivity contribution in [3.8, 4) is 0 Å². The first-order valence-electron chi connectivity index (χ1n) is 10.8. The number of nitrogens with one attached hydrogen (secondary N) is 2. The molecule has 2 aromatic carbocycles. The average molecular weight is 446 g/mol. The molecular weight excluding hydrogens is 410 g/mol. The summed E-state index contributed by atoms with van der Waals surface area (Å²) in [7, 11) is -3.44. The van der Waals surface area contributed by atoms with E-state index in [4.69, 9.17) is 4.74 Å². The molecule has 170 valence electrons. The Hall–Kier alpha value is -2.25. The minimum atomic E-state index is -3.44. The number of rotatable bonds is 6. The standard InChI is InChI=1S/C24H35N3O3S/c1-17-13-20(7-12-23(17)26-31(28,29)24(4,5)6)14-25-21-8-10-22(11-9-21)27-15-18(2)30-19(3)16-27/h7-13,18-19,25-26H,14-16H2,1-6H3. The lowest BCUT2D eigenvalue weighted by molar-refractivity contribution is -0.00521. The maximum atomic E-state index is 12.4. The summed E-state index contributed by atoms with van der Waals surface area (Å²) in [6, 6.07) is 14.3. The smallest absolute Gasteiger partial charge is 0.237 e. The minimum absolute atomic E-state index is 0.237. The van der Waals surface area contributed by atoms with Crippen molar-refractivity contribution in [2.75, 3.05) is 28.0 Å². The number of morpholine rings is 1. The largest absolute Gasteiger partial charge is 0.381 e. The molecule has 2 N–H and O–H groups in total. The SMILES string of the molecule is Cc1cc(CNc2ccc(N3CC(C)OC(C)C3)cc2)ccc1NS(=O)(=O)C(C)(C)C. The Morgan fingerprint density at radius 3 is 2.19 bits per heavy atom. The zero-order chi connectivity index (χ0) is 22.8. The second-order valence-electron chi connectivity index (χ2n) is 9.43. The fourth-order valence-electron chi connectivity index (χ4n) is 3.63. The summed E-state index contributed by atoms with van der Waals surface area (Å²) < 4.78 is 32.5. The van der Waals surface area contributed by atoms with Gasteiger partial charge in [-0.1, -0.05) is 12.1 Å². The molecule has 0 amide bonds. The zero-order valence-electron chi connectivity index (χ0n) is 19.4. The highest BCUT2D eigenvalue weighted by Gasteiger charge is 2.29. The van der Waals surface area contributed by atoms with Gasteiger partial charge in [-0.3, -0.25) is 4.72 Å². The fraction of sp³-hybridized carbons (Fsp3) is 0.500. The molecular formula is C24H35N3O3S. The molecule has 1 saturated heterocycles. The van der Waals surface area contributed by atoms with Gasteiger partial charge in [-0.15, -0.1) is 0 Å². The lowest BCUT2D eigenvalue weighted by Crippen LogP contribution is -2.45. The van der Waals surface area contributed by atoms with Gasteiger partial charge in [-0.25, -0.2) is 8.42 Å². The predicted octanol–water partition coefficient (Wildman–Crippen LogP) is 4.76. The molecule has 6 nitrogen and oxygen atoms in total. The molecule has 0 saturated carbocycles. The van der Waals surface area contributed by atoms with Crippen LogP contribution in [0, 0.1) is 6.92 Å². The fourth-order valence-corrected chi connectivity index (χ4v) is 4.46. The monoisotopic (exact) mass is 445 g/mol. The van der Waals surface area contributed by atoms with E-state index < -0.39 is 14.8 Å². The van der Waals surface area contributed by atoms with E-state index in [1.165, 1.54) is 5.69 Å². The van der Waals surface area contributed by atoms with Gasteiger partial charge in [0.25, 0.3) is 0 Å². The number of hydrogen-bond donors (Lipinski definition) is 2. The van der Waals surface area contributed by atoms with E-state index >= 15 is 0 Å². The summed E-state index contributed by atoms with van der Waals surface area (Å²) in [6.07, 6.45) is 0.473. The van der Waals surface area contributed by atoms with Gasteiger partial charge in [-0.05, 0) is 83.0 Å². The van der Waals surface area contributed by atoms with Crippen molar-refractivity contribution in [3.05, 3.63) is 53.6 Å². The van der Waals surface area contributed by atoms with Crippen molar-refractivity contribution >= 4 is 27.1 Å². The van der Waals surface area contributed by atoms with E-state index in [9.17, 15) is 8.42 Å². The molecule has 1 fully saturated rings. The zero-order valence-corrected chi connectivity index (χ0v) is 20.2.